The molecule has 2 rings (SSSR count). The average molecular weight is 344 g/mol. The van der Waals surface area contributed by atoms with Crippen LogP contribution in [0.4, 0.5) is 4.39 Å². The Morgan fingerprint density at radius 3 is 2.52 bits per heavy atom. The number of benzene rings is 1. The fraction of sp³-hybridized carbons (Fsp3) is 0.588. The number of nitrogens with zero attached hydrogens (tertiary/aromatic N) is 1. The van der Waals surface area contributed by atoms with E-state index in [-0.39, 0.29) is 24.1 Å². The number of nitrogens with one attached hydrogen (secondary N) is 2. The molecule has 0 aliphatic carbocycles. The van der Waals surface area contributed by atoms with Gasteiger partial charge in [-0.05, 0) is 69.6 Å². The first-order valence-corrected chi connectivity index (χ1v) is 8.05. The number of carbonyl (C=O) groups is 1. The summed E-state index contributed by atoms with van der Waals surface area (Å²) < 4.78 is 12.8. The SMILES string of the molecule is CNCCC1CCN(CC(=O)NCc2ccc(F)cc2)CC1.Cl. The maximum Gasteiger partial charge on any atom is 0.234 e. The van der Waals surface area contributed by atoms with Gasteiger partial charge < -0.3 is 10.6 Å². The van der Waals surface area contributed by atoms with E-state index < -0.39 is 0 Å². The lowest BCUT2D eigenvalue weighted by molar-refractivity contribution is -0.122. The molecule has 0 atom stereocenters. The molecular weight excluding hydrogens is 317 g/mol. The highest BCUT2D eigenvalue weighted by Crippen LogP contribution is 2.19. The van der Waals surface area contributed by atoms with Crippen LogP contribution in [-0.2, 0) is 11.3 Å². The zero-order valence-corrected chi connectivity index (χ0v) is 14.5. The normalized spacial score (nSPS) is 15.9. The zero-order valence-electron chi connectivity index (χ0n) is 13.7. The second-order valence-corrected chi connectivity index (χ2v) is 6.01. The highest BCUT2D eigenvalue weighted by atomic mass is 35.5. The van der Waals surface area contributed by atoms with Crippen molar-refractivity contribution >= 4 is 18.3 Å². The van der Waals surface area contributed by atoms with Crippen LogP contribution in [0.15, 0.2) is 24.3 Å². The number of carbonyl (C=O) groups excluding carboxylic acids is 1. The van der Waals surface area contributed by atoms with Crippen LogP contribution < -0.4 is 10.6 Å². The summed E-state index contributed by atoms with van der Waals surface area (Å²) in [5, 5.41) is 6.09. The third-order valence-electron chi connectivity index (χ3n) is 4.28. The maximum atomic E-state index is 12.8. The first-order valence-electron chi connectivity index (χ1n) is 8.05. The predicted molar refractivity (Wildman–Crippen MR) is 93.2 cm³/mol. The van der Waals surface area contributed by atoms with E-state index >= 15 is 0 Å². The van der Waals surface area contributed by atoms with Crippen LogP contribution in [0.2, 0.25) is 0 Å². The van der Waals surface area contributed by atoms with E-state index in [0.29, 0.717) is 13.1 Å². The molecule has 0 radical (unpaired) electrons. The Bertz CT molecular complexity index is 461. The Labute approximate surface area is 144 Å². The maximum absolute atomic E-state index is 12.8. The Hall–Kier alpha value is -1.17. The molecule has 1 saturated heterocycles. The van der Waals surface area contributed by atoms with Crippen molar-refractivity contribution in [2.45, 2.75) is 25.8 Å². The summed E-state index contributed by atoms with van der Waals surface area (Å²) in [6.07, 6.45) is 3.57. The van der Waals surface area contributed by atoms with Gasteiger partial charge in [0.05, 0.1) is 6.54 Å². The molecule has 0 spiro atoms. The topological polar surface area (TPSA) is 44.4 Å². The summed E-state index contributed by atoms with van der Waals surface area (Å²) in [6, 6.07) is 6.22. The standard InChI is InChI=1S/C17H26FN3O.ClH/c1-19-9-6-14-7-10-21(11-8-14)13-17(22)20-12-15-2-4-16(18)5-3-15;/h2-5,14,19H,6-13H2,1H3,(H,20,22);1H. The second-order valence-electron chi connectivity index (χ2n) is 6.01. The van der Waals surface area contributed by atoms with E-state index in [1.807, 2.05) is 7.05 Å². The van der Waals surface area contributed by atoms with Crippen LogP contribution in [0.5, 0.6) is 0 Å². The van der Waals surface area contributed by atoms with E-state index in [1.165, 1.54) is 31.4 Å². The summed E-state index contributed by atoms with van der Waals surface area (Å²) in [5.41, 5.74) is 0.917. The smallest absolute Gasteiger partial charge is 0.234 e. The minimum atomic E-state index is -0.253. The molecular formula is C17H27ClFN3O. The number of rotatable bonds is 7. The lowest BCUT2D eigenvalue weighted by atomic mass is 9.93. The van der Waals surface area contributed by atoms with Crippen LogP contribution in [0, 0.1) is 11.7 Å². The second kappa shape index (κ2) is 10.6. The lowest BCUT2D eigenvalue weighted by Crippen LogP contribution is -2.41. The molecule has 1 aromatic rings. The zero-order chi connectivity index (χ0) is 15.8. The molecule has 1 amide bonds. The molecule has 0 bridgehead atoms. The fourth-order valence-electron chi connectivity index (χ4n) is 2.84. The van der Waals surface area contributed by atoms with Crippen molar-refractivity contribution in [1.29, 1.82) is 0 Å². The number of piperidine rings is 1. The minimum absolute atomic E-state index is 0. The first-order chi connectivity index (χ1) is 10.7. The Morgan fingerprint density at radius 2 is 1.91 bits per heavy atom. The van der Waals surface area contributed by atoms with E-state index in [9.17, 15) is 9.18 Å². The monoisotopic (exact) mass is 343 g/mol. The Balaban J connectivity index is 0.00000264. The van der Waals surface area contributed by atoms with Crippen molar-refractivity contribution < 1.29 is 9.18 Å². The molecule has 0 aromatic heterocycles. The highest BCUT2D eigenvalue weighted by Gasteiger charge is 2.20. The molecule has 1 aliphatic heterocycles. The van der Waals surface area contributed by atoms with Crippen molar-refractivity contribution in [1.82, 2.24) is 15.5 Å². The molecule has 6 heteroatoms. The van der Waals surface area contributed by atoms with E-state index in [1.54, 1.807) is 12.1 Å². The number of amides is 1. The summed E-state index contributed by atoms with van der Waals surface area (Å²) in [4.78, 5) is 14.2. The predicted octanol–water partition coefficient (Wildman–Crippen LogP) is 2.19. The summed E-state index contributed by atoms with van der Waals surface area (Å²) in [5.74, 6) is 0.570. The van der Waals surface area contributed by atoms with Crippen LogP contribution in [0.3, 0.4) is 0 Å². The highest BCUT2D eigenvalue weighted by molar-refractivity contribution is 5.85. The van der Waals surface area contributed by atoms with Crippen LogP contribution >= 0.6 is 12.4 Å². The van der Waals surface area contributed by atoms with Crippen LogP contribution in [0.1, 0.15) is 24.8 Å². The number of hydrogen-bond acceptors (Lipinski definition) is 3. The quantitative estimate of drug-likeness (QED) is 0.797. The van der Waals surface area contributed by atoms with Gasteiger partial charge in [0.25, 0.3) is 0 Å². The summed E-state index contributed by atoms with van der Waals surface area (Å²) >= 11 is 0. The van der Waals surface area contributed by atoms with E-state index in [4.69, 9.17) is 0 Å². The van der Waals surface area contributed by atoms with Crippen molar-refractivity contribution in [3.63, 3.8) is 0 Å². The minimum Gasteiger partial charge on any atom is -0.351 e. The number of likely N-dealkylation sites (tertiary alicyclic amines) is 1. The summed E-state index contributed by atoms with van der Waals surface area (Å²) in [7, 11) is 1.99. The molecule has 130 valence electrons. The van der Waals surface area contributed by atoms with Gasteiger partial charge in [0, 0.05) is 6.54 Å². The van der Waals surface area contributed by atoms with Gasteiger partial charge >= 0.3 is 0 Å². The van der Waals surface area contributed by atoms with Gasteiger partial charge in [0.15, 0.2) is 0 Å². The Morgan fingerprint density at radius 1 is 1.26 bits per heavy atom. The summed E-state index contributed by atoms with van der Waals surface area (Å²) in [6.45, 7) is 3.98. The first kappa shape index (κ1) is 19.9. The average Bonchev–Trinajstić information content (AvgIpc) is 2.54. The van der Waals surface area contributed by atoms with Crippen molar-refractivity contribution in [3.05, 3.63) is 35.6 Å². The third kappa shape index (κ3) is 7.29. The van der Waals surface area contributed by atoms with Crippen molar-refractivity contribution in [2.75, 3.05) is 33.2 Å². The lowest BCUT2D eigenvalue weighted by Gasteiger charge is -2.31. The van der Waals surface area contributed by atoms with Gasteiger partial charge in [0.1, 0.15) is 5.82 Å². The van der Waals surface area contributed by atoms with Gasteiger partial charge in [0.2, 0.25) is 5.91 Å². The molecule has 1 aromatic carbocycles. The van der Waals surface area contributed by atoms with Gasteiger partial charge in [-0.1, -0.05) is 12.1 Å². The van der Waals surface area contributed by atoms with E-state index in [0.717, 1.165) is 31.1 Å². The van der Waals surface area contributed by atoms with Crippen LogP contribution in [-0.4, -0.2) is 44.0 Å². The fourth-order valence-corrected chi connectivity index (χ4v) is 2.84. The van der Waals surface area contributed by atoms with E-state index in [2.05, 4.69) is 15.5 Å². The van der Waals surface area contributed by atoms with Gasteiger partial charge in [-0.2, -0.15) is 0 Å². The van der Waals surface area contributed by atoms with Gasteiger partial charge in [-0.3, -0.25) is 9.69 Å². The molecule has 1 heterocycles. The van der Waals surface area contributed by atoms with Crippen molar-refractivity contribution in [2.24, 2.45) is 5.92 Å². The molecule has 4 nitrogen and oxygen atoms in total. The third-order valence-corrected chi connectivity index (χ3v) is 4.28. The molecule has 23 heavy (non-hydrogen) atoms. The number of hydrogen-bond donors (Lipinski definition) is 2. The molecule has 2 N–H and O–H groups in total. The molecule has 1 fully saturated rings. The van der Waals surface area contributed by atoms with Crippen molar-refractivity contribution in [3.8, 4) is 0 Å². The largest absolute Gasteiger partial charge is 0.351 e. The van der Waals surface area contributed by atoms with Gasteiger partial charge in [-0.25, -0.2) is 4.39 Å². The molecule has 0 unspecified atom stereocenters. The van der Waals surface area contributed by atoms with Crippen LogP contribution in [0.25, 0.3) is 0 Å². The number of halogens is 2. The molecule has 1 aliphatic rings. The van der Waals surface area contributed by atoms with Gasteiger partial charge in [-0.15, -0.1) is 12.4 Å². The molecule has 0 saturated carbocycles. The Kier molecular flexibility index (Phi) is 9.14.